The van der Waals surface area contributed by atoms with E-state index in [1.165, 1.54) is 0 Å². The first-order valence-electron chi connectivity index (χ1n) is 7.55. The summed E-state index contributed by atoms with van der Waals surface area (Å²) >= 11 is 6.05. The Balaban J connectivity index is 1.92. The molecule has 2 aromatic carbocycles. The van der Waals surface area contributed by atoms with Gasteiger partial charge in [0.25, 0.3) is 5.91 Å². The van der Waals surface area contributed by atoms with Crippen molar-refractivity contribution in [2.45, 2.75) is 13.0 Å². The van der Waals surface area contributed by atoms with E-state index in [2.05, 4.69) is 10.6 Å². The standard InChI is InChI=1S/C18H21ClN2O2/c1-23-11-5-10-20-13-14-6-4-7-15(12-14)21-18(22)16-8-2-3-9-17(16)19/h2-4,6-9,12,20H,5,10-11,13H2,1H3,(H,21,22). The summed E-state index contributed by atoms with van der Waals surface area (Å²) in [6.07, 6.45) is 0.972. The van der Waals surface area contributed by atoms with E-state index in [9.17, 15) is 4.79 Å². The molecule has 1 amide bonds. The first-order chi connectivity index (χ1) is 11.2. The van der Waals surface area contributed by atoms with Crippen LogP contribution in [0.15, 0.2) is 48.5 Å². The Bertz CT molecular complexity index is 646. The Hall–Kier alpha value is -1.88. The van der Waals surface area contributed by atoms with Crippen molar-refractivity contribution in [1.29, 1.82) is 0 Å². The van der Waals surface area contributed by atoms with Crippen LogP contribution in [0.25, 0.3) is 0 Å². The van der Waals surface area contributed by atoms with E-state index in [1.54, 1.807) is 31.4 Å². The number of halogens is 1. The zero-order valence-corrected chi connectivity index (χ0v) is 13.9. The molecule has 0 saturated heterocycles. The van der Waals surface area contributed by atoms with Crippen molar-refractivity contribution in [2.24, 2.45) is 0 Å². The molecule has 23 heavy (non-hydrogen) atoms. The van der Waals surface area contributed by atoms with Crippen LogP contribution in [0.2, 0.25) is 5.02 Å². The van der Waals surface area contributed by atoms with E-state index in [1.807, 2.05) is 24.3 Å². The van der Waals surface area contributed by atoms with E-state index in [0.29, 0.717) is 10.6 Å². The van der Waals surface area contributed by atoms with Crippen molar-refractivity contribution < 1.29 is 9.53 Å². The fourth-order valence-electron chi connectivity index (χ4n) is 2.18. The van der Waals surface area contributed by atoms with Crippen LogP contribution in [0.5, 0.6) is 0 Å². The van der Waals surface area contributed by atoms with Crippen LogP contribution in [-0.2, 0) is 11.3 Å². The lowest BCUT2D eigenvalue weighted by atomic mass is 10.1. The van der Waals surface area contributed by atoms with Crippen LogP contribution in [0.4, 0.5) is 5.69 Å². The Morgan fingerprint density at radius 3 is 2.78 bits per heavy atom. The van der Waals surface area contributed by atoms with Gasteiger partial charge in [0, 0.05) is 25.9 Å². The van der Waals surface area contributed by atoms with Gasteiger partial charge in [0.05, 0.1) is 10.6 Å². The summed E-state index contributed by atoms with van der Waals surface area (Å²) in [7, 11) is 1.70. The molecule has 0 spiro atoms. The summed E-state index contributed by atoms with van der Waals surface area (Å²) < 4.78 is 5.01. The summed E-state index contributed by atoms with van der Waals surface area (Å²) in [6, 6.07) is 14.8. The van der Waals surface area contributed by atoms with E-state index in [-0.39, 0.29) is 5.91 Å². The summed E-state index contributed by atoms with van der Waals surface area (Å²) in [6.45, 7) is 2.39. The number of benzene rings is 2. The number of ether oxygens (including phenoxy) is 1. The predicted molar refractivity (Wildman–Crippen MR) is 94.0 cm³/mol. The molecular weight excluding hydrogens is 312 g/mol. The highest BCUT2D eigenvalue weighted by Gasteiger charge is 2.09. The second kappa shape index (κ2) is 9.30. The molecule has 0 radical (unpaired) electrons. The summed E-state index contributed by atoms with van der Waals surface area (Å²) in [5.41, 5.74) is 2.34. The minimum Gasteiger partial charge on any atom is -0.385 e. The Morgan fingerprint density at radius 1 is 1.17 bits per heavy atom. The lowest BCUT2D eigenvalue weighted by molar-refractivity contribution is 0.102. The normalized spacial score (nSPS) is 10.5. The van der Waals surface area contributed by atoms with E-state index >= 15 is 0 Å². The van der Waals surface area contributed by atoms with Crippen LogP contribution >= 0.6 is 11.6 Å². The molecule has 4 nitrogen and oxygen atoms in total. The van der Waals surface area contributed by atoms with Gasteiger partial charge in [0.1, 0.15) is 0 Å². The van der Waals surface area contributed by atoms with Crippen LogP contribution in [0, 0.1) is 0 Å². The van der Waals surface area contributed by atoms with Crippen molar-refractivity contribution in [1.82, 2.24) is 5.32 Å². The number of carbonyl (C=O) groups excluding carboxylic acids is 1. The lowest BCUT2D eigenvalue weighted by Crippen LogP contribution is -2.16. The van der Waals surface area contributed by atoms with Crippen LogP contribution in [0.1, 0.15) is 22.3 Å². The number of nitrogens with one attached hydrogen (secondary N) is 2. The van der Waals surface area contributed by atoms with Crippen molar-refractivity contribution in [2.75, 3.05) is 25.6 Å². The molecule has 0 saturated carbocycles. The van der Waals surface area contributed by atoms with Crippen molar-refractivity contribution in [3.63, 3.8) is 0 Å². The Morgan fingerprint density at radius 2 is 2.00 bits per heavy atom. The number of anilines is 1. The van der Waals surface area contributed by atoms with E-state index in [0.717, 1.165) is 37.4 Å². The van der Waals surface area contributed by atoms with Gasteiger partial charge in [-0.2, -0.15) is 0 Å². The molecular formula is C18H21ClN2O2. The summed E-state index contributed by atoms with van der Waals surface area (Å²) in [4.78, 5) is 12.3. The van der Waals surface area contributed by atoms with E-state index in [4.69, 9.17) is 16.3 Å². The molecule has 2 N–H and O–H groups in total. The largest absolute Gasteiger partial charge is 0.385 e. The molecule has 0 atom stereocenters. The third-order valence-electron chi connectivity index (χ3n) is 3.33. The molecule has 0 aliphatic heterocycles. The first-order valence-corrected chi connectivity index (χ1v) is 7.93. The Labute approximate surface area is 141 Å². The third-order valence-corrected chi connectivity index (χ3v) is 3.66. The van der Waals surface area contributed by atoms with Gasteiger partial charge in [-0.25, -0.2) is 0 Å². The number of hydrogen-bond donors (Lipinski definition) is 2. The predicted octanol–water partition coefficient (Wildman–Crippen LogP) is 3.72. The summed E-state index contributed by atoms with van der Waals surface area (Å²) in [5, 5.41) is 6.67. The van der Waals surface area contributed by atoms with Gasteiger partial charge >= 0.3 is 0 Å². The monoisotopic (exact) mass is 332 g/mol. The highest BCUT2D eigenvalue weighted by molar-refractivity contribution is 6.34. The van der Waals surface area contributed by atoms with Gasteiger partial charge in [-0.15, -0.1) is 0 Å². The molecule has 2 rings (SSSR count). The smallest absolute Gasteiger partial charge is 0.257 e. The van der Waals surface area contributed by atoms with Gasteiger partial charge in [0.15, 0.2) is 0 Å². The highest BCUT2D eigenvalue weighted by atomic mass is 35.5. The molecule has 0 aliphatic rings. The molecule has 0 bridgehead atoms. The average molecular weight is 333 g/mol. The Kier molecular flexibility index (Phi) is 7.07. The minimum absolute atomic E-state index is 0.208. The number of rotatable bonds is 8. The molecule has 0 fully saturated rings. The topological polar surface area (TPSA) is 50.4 Å². The maximum Gasteiger partial charge on any atom is 0.257 e. The zero-order valence-electron chi connectivity index (χ0n) is 13.1. The molecule has 0 aliphatic carbocycles. The lowest BCUT2D eigenvalue weighted by Gasteiger charge is -2.09. The average Bonchev–Trinajstić information content (AvgIpc) is 2.55. The second-order valence-corrected chi connectivity index (χ2v) is 5.56. The van der Waals surface area contributed by atoms with Crippen LogP contribution < -0.4 is 10.6 Å². The SMILES string of the molecule is COCCCNCc1cccc(NC(=O)c2ccccc2Cl)c1. The molecule has 0 aromatic heterocycles. The summed E-state index contributed by atoms with van der Waals surface area (Å²) in [5.74, 6) is -0.208. The highest BCUT2D eigenvalue weighted by Crippen LogP contribution is 2.17. The second-order valence-electron chi connectivity index (χ2n) is 5.16. The van der Waals surface area contributed by atoms with Gasteiger partial charge in [-0.05, 0) is 42.8 Å². The van der Waals surface area contributed by atoms with Gasteiger partial charge < -0.3 is 15.4 Å². The number of amides is 1. The molecule has 122 valence electrons. The quantitative estimate of drug-likeness (QED) is 0.724. The maximum atomic E-state index is 12.3. The number of carbonyl (C=O) groups is 1. The van der Waals surface area contributed by atoms with Crippen molar-refractivity contribution in [3.05, 3.63) is 64.7 Å². The van der Waals surface area contributed by atoms with Gasteiger partial charge in [0.2, 0.25) is 0 Å². The fraction of sp³-hybridized carbons (Fsp3) is 0.278. The third kappa shape index (κ3) is 5.67. The maximum absolute atomic E-state index is 12.3. The molecule has 5 heteroatoms. The number of methoxy groups -OCH3 is 1. The number of hydrogen-bond acceptors (Lipinski definition) is 3. The van der Waals surface area contributed by atoms with Crippen molar-refractivity contribution >= 4 is 23.2 Å². The molecule has 2 aromatic rings. The zero-order chi connectivity index (χ0) is 16.5. The van der Waals surface area contributed by atoms with Crippen molar-refractivity contribution in [3.8, 4) is 0 Å². The van der Waals surface area contributed by atoms with Crippen LogP contribution in [-0.4, -0.2) is 26.2 Å². The minimum atomic E-state index is -0.208. The van der Waals surface area contributed by atoms with E-state index < -0.39 is 0 Å². The first kappa shape index (κ1) is 17.5. The van der Waals surface area contributed by atoms with Crippen LogP contribution in [0.3, 0.4) is 0 Å². The van der Waals surface area contributed by atoms with Gasteiger partial charge in [-0.1, -0.05) is 35.9 Å². The van der Waals surface area contributed by atoms with Gasteiger partial charge in [-0.3, -0.25) is 4.79 Å². The molecule has 0 unspecified atom stereocenters. The fourth-order valence-corrected chi connectivity index (χ4v) is 2.40. The molecule has 0 heterocycles.